The van der Waals surface area contributed by atoms with Crippen LogP contribution in [0.2, 0.25) is 5.02 Å². The summed E-state index contributed by atoms with van der Waals surface area (Å²) in [7, 11) is 0. The van der Waals surface area contributed by atoms with E-state index in [9.17, 15) is 13.6 Å². The van der Waals surface area contributed by atoms with Gasteiger partial charge in [0.05, 0.1) is 17.3 Å². The summed E-state index contributed by atoms with van der Waals surface area (Å²) in [4.78, 5) is 11.7. The van der Waals surface area contributed by atoms with Crippen LogP contribution >= 0.6 is 11.6 Å². The van der Waals surface area contributed by atoms with Gasteiger partial charge in [-0.2, -0.15) is 0 Å². The molecular formula is C14H11ClF2N2O. The molecule has 0 aliphatic carbocycles. The van der Waals surface area contributed by atoms with E-state index in [0.29, 0.717) is 5.69 Å². The van der Waals surface area contributed by atoms with E-state index < -0.39 is 17.5 Å². The zero-order valence-electron chi connectivity index (χ0n) is 10.3. The lowest BCUT2D eigenvalue weighted by molar-refractivity contribution is -0.114. The van der Waals surface area contributed by atoms with Crippen LogP contribution in [0.3, 0.4) is 0 Å². The first-order valence-corrected chi connectivity index (χ1v) is 6.17. The number of halogens is 3. The van der Waals surface area contributed by atoms with Crippen LogP contribution in [-0.4, -0.2) is 12.5 Å². The number of rotatable bonds is 4. The number of benzene rings is 2. The van der Waals surface area contributed by atoms with E-state index in [2.05, 4.69) is 10.6 Å². The molecule has 2 aromatic carbocycles. The quantitative estimate of drug-likeness (QED) is 0.904. The van der Waals surface area contributed by atoms with Crippen molar-refractivity contribution in [3.63, 3.8) is 0 Å². The van der Waals surface area contributed by atoms with Crippen molar-refractivity contribution < 1.29 is 13.6 Å². The molecule has 0 aliphatic rings. The maximum atomic E-state index is 13.3. The van der Waals surface area contributed by atoms with Gasteiger partial charge in [-0.15, -0.1) is 0 Å². The van der Waals surface area contributed by atoms with Gasteiger partial charge in [0.25, 0.3) is 0 Å². The largest absolute Gasteiger partial charge is 0.374 e. The molecule has 0 spiro atoms. The van der Waals surface area contributed by atoms with Crippen molar-refractivity contribution >= 4 is 28.9 Å². The molecule has 2 N–H and O–H groups in total. The van der Waals surface area contributed by atoms with Gasteiger partial charge in [-0.05, 0) is 30.3 Å². The molecule has 0 saturated heterocycles. The first-order valence-electron chi connectivity index (χ1n) is 5.79. The standard InChI is InChI=1S/C14H11ClF2N2O/c15-10-7-9(5-6-11(10)16)19-14(20)8-18-13-4-2-1-3-12(13)17/h1-7,18H,8H2,(H,19,20). The van der Waals surface area contributed by atoms with Crippen LogP contribution < -0.4 is 10.6 Å². The number of carbonyl (C=O) groups excluding carboxylic acids is 1. The highest BCUT2D eigenvalue weighted by molar-refractivity contribution is 6.31. The van der Waals surface area contributed by atoms with Gasteiger partial charge in [-0.1, -0.05) is 23.7 Å². The van der Waals surface area contributed by atoms with E-state index >= 15 is 0 Å². The van der Waals surface area contributed by atoms with Crippen LogP contribution in [-0.2, 0) is 4.79 Å². The Kier molecular flexibility index (Phi) is 4.53. The second-order valence-electron chi connectivity index (χ2n) is 4.01. The molecule has 2 aromatic rings. The Bertz CT molecular complexity index is 634. The molecule has 0 heterocycles. The first kappa shape index (κ1) is 14.3. The van der Waals surface area contributed by atoms with Crippen molar-refractivity contribution in [1.82, 2.24) is 0 Å². The lowest BCUT2D eigenvalue weighted by atomic mass is 10.3. The number of nitrogens with one attached hydrogen (secondary N) is 2. The predicted octanol–water partition coefficient (Wildman–Crippen LogP) is 3.67. The highest BCUT2D eigenvalue weighted by Gasteiger charge is 2.06. The van der Waals surface area contributed by atoms with Gasteiger partial charge in [0.2, 0.25) is 5.91 Å². The molecule has 0 aromatic heterocycles. The van der Waals surface area contributed by atoms with Crippen LogP contribution in [0.5, 0.6) is 0 Å². The summed E-state index contributed by atoms with van der Waals surface area (Å²) in [6.07, 6.45) is 0. The third-order valence-electron chi connectivity index (χ3n) is 2.52. The third kappa shape index (κ3) is 3.68. The highest BCUT2D eigenvalue weighted by Crippen LogP contribution is 2.19. The first-order chi connectivity index (χ1) is 9.56. The second-order valence-corrected chi connectivity index (χ2v) is 4.42. The smallest absolute Gasteiger partial charge is 0.243 e. The summed E-state index contributed by atoms with van der Waals surface area (Å²) in [6.45, 7) is -0.115. The summed E-state index contributed by atoms with van der Waals surface area (Å²) >= 11 is 5.60. The molecule has 3 nitrogen and oxygen atoms in total. The lowest BCUT2D eigenvalue weighted by Gasteiger charge is -2.08. The molecule has 0 radical (unpaired) electrons. The van der Waals surface area contributed by atoms with E-state index in [-0.39, 0.29) is 17.3 Å². The Labute approximate surface area is 119 Å². The number of hydrogen-bond acceptors (Lipinski definition) is 2. The van der Waals surface area contributed by atoms with Crippen molar-refractivity contribution in [2.24, 2.45) is 0 Å². The summed E-state index contributed by atoms with van der Waals surface area (Å²) in [5, 5.41) is 5.11. The second kappa shape index (κ2) is 6.34. The number of para-hydroxylation sites is 1. The van der Waals surface area contributed by atoms with Crippen molar-refractivity contribution in [2.75, 3.05) is 17.2 Å². The number of anilines is 2. The van der Waals surface area contributed by atoms with Gasteiger partial charge in [-0.25, -0.2) is 8.78 Å². The van der Waals surface area contributed by atoms with Crippen molar-refractivity contribution in [3.05, 3.63) is 59.1 Å². The molecule has 0 bridgehead atoms. The number of carbonyl (C=O) groups is 1. The van der Waals surface area contributed by atoms with E-state index in [1.807, 2.05) is 0 Å². The Balaban J connectivity index is 1.93. The highest BCUT2D eigenvalue weighted by atomic mass is 35.5. The van der Waals surface area contributed by atoms with Gasteiger partial charge in [0.1, 0.15) is 11.6 Å². The fourth-order valence-electron chi connectivity index (χ4n) is 1.56. The fraction of sp³-hybridized carbons (Fsp3) is 0.0714. The fourth-order valence-corrected chi connectivity index (χ4v) is 1.74. The topological polar surface area (TPSA) is 41.1 Å². The molecule has 20 heavy (non-hydrogen) atoms. The third-order valence-corrected chi connectivity index (χ3v) is 2.81. The average molecular weight is 297 g/mol. The molecule has 1 amide bonds. The minimum Gasteiger partial charge on any atom is -0.374 e. The molecule has 0 atom stereocenters. The normalized spacial score (nSPS) is 10.2. The molecule has 0 saturated carbocycles. The van der Waals surface area contributed by atoms with E-state index in [0.717, 1.165) is 6.07 Å². The Morgan fingerprint density at radius 3 is 2.55 bits per heavy atom. The maximum Gasteiger partial charge on any atom is 0.243 e. The molecule has 2 rings (SSSR count). The summed E-state index contributed by atoms with van der Waals surface area (Å²) in [6, 6.07) is 9.88. The van der Waals surface area contributed by atoms with Gasteiger partial charge in [-0.3, -0.25) is 4.79 Å². The van der Waals surface area contributed by atoms with Crippen LogP contribution in [0.1, 0.15) is 0 Å². The van der Waals surface area contributed by atoms with Crippen molar-refractivity contribution in [3.8, 4) is 0 Å². The molecule has 0 aliphatic heterocycles. The summed E-state index contributed by atoms with van der Waals surface area (Å²) in [5.74, 6) is -1.39. The van der Waals surface area contributed by atoms with Crippen molar-refractivity contribution in [2.45, 2.75) is 0 Å². The van der Waals surface area contributed by atoms with Gasteiger partial charge >= 0.3 is 0 Å². The Hall–Kier alpha value is -2.14. The van der Waals surface area contributed by atoms with Crippen LogP contribution in [0.15, 0.2) is 42.5 Å². The maximum absolute atomic E-state index is 13.3. The average Bonchev–Trinajstić information content (AvgIpc) is 2.42. The van der Waals surface area contributed by atoms with Crippen LogP contribution in [0, 0.1) is 11.6 Å². The van der Waals surface area contributed by atoms with E-state index in [1.165, 1.54) is 24.3 Å². The number of hydrogen-bond donors (Lipinski definition) is 2. The Morgan fingerprint density at radius 1 is 1.10 bits per heavy atom. The lowest BCUT2D eigenvalue weighted by Crippen LogP contribution is -2.22. The van der Waals surface area contributed by atoms with E-state index in [4.69, 9.17) is 11.6 Å². The minimum atomic E-state index is -0.561. The molecule has 6 heteroatoms. The molecule has 104 valence electrons. The summed E-state index contributed by atoms with van der Waals surface area (Å²) < 4.78 is 26.3. The Morgan fingerprint density at radius 2 is 1.85 bits per heavy atom. The van der Waals surface area contributed by atoms with Crippen molar-refractivity contribution in [1.29, 1.82) is 0 Å². The SMILES string of the molecule is O=C(CNc1ccccc1F)Nc1ccc(F)c(Cl)c1. The zero-order valence-corrected chi connectivity index (χ0v) is 11.0. The van der Waals surface area contributed by atoms with Gasteiger partial charge in [0, 0.05) is 5.69 Å². The van der Waals surface area contributed by atoms with E-state index in [1.54, 1.807) is 12.1 Å². The summed E-state index contributed by atoms with van der Waals surface area (Å²) in [5.41, 5.74) is 0.608. The predicted molar refractivity (Wildman–Crippen MR) is 74.9 cm³/mol. The molecular weight excluding hydrogens is 286 g/mol. The monoisotopic (exact) mass is 296 g/mol. The van der Waals surface area contributed by atoms with Gasteiger partial charge in [0.15, 0.2) is 0 Å². The minimum absolute atomic E-state index is 0.0788. The zero-order chi connectivity index (χ0) is 14.5. The van der Waals surface area contributed by atoms with Crippen LogP contribution in [0.4, 0.5) is 20.2 Å². The van der Waals surface area contributed by atoms with Gasteiger partial charge < -0.3 is 10.6 Å². The molecule has 0 fully saturated rings. The molecule has 0 unspecified atom stereocenters. The van der Waals surface area contributed by atoms with Crippen LogP contribution in [0.25, 0.3) is 0 Å². The number of amides is 1.